The summed E-state index contributed by atoms with van der Waals surface area (Å²) in [5, 5.41) is 21.9. The minimum absolute atomic E-state index is 0. The molecule has 0 saturated carbocycles. The molecule has 9 nitrogen and oxygen atoms in total. The van der Waals surface area contributed by atoms with Crippen LogP contribution in [0.15, 0.2) is 24.3 Å². The fraction of sp³-hybridized carbons (Fsp3) is 0.500. The number of aliphatic hydroxyl groups excluding tert-OH is 1. The van der Waals surface area contributed by atoms with Crippen LogP contribution < -0.4 is 16.4 Å². The molecule has 31 heavy (non-hydrogen) atoms. The number of methoxy groups -OCH3 is 2. The van der Waals surface area contributed by atoms with Gasteiger partial charge in [0.2, 0.25) is 0 Å². The molecule has 2 rings (SSSR count). The van der Waals surface area contributed by atoms with Crippen LogP contribution in [-0.2, 0) is 16.0 Å². The molecule has 0 atom stereocenters. The molecule has 0 radical (unpaired) electrons. The van der Waals surface area contributed by atoms with Gasteiger partial charge in [-0.15, -0.1) is 0 Å². The van der Waals surface area contributed by atoms with Crippen molar-refractivity contribution in [3.8, 4) is 6.07 Å². The molecule has 0 aliphatic carbocycles. The zero-order valence-electron chi connectivity index (χ0n) is 18.5. The standard InChI is InChI=1S/C10H17N3O.C10H13N3O.CH4O.CH4/c2*1-8-9(7-11)3-4-10(13-8)12-5-6-14-2;1-2;/h3-4H,5-7,11H2,1-2H3,(H,12,13);3-4H,5-6H2,1-2H3,(H,12,13);2H,1H3;1H4. The SMILES string of the molecule is C.CO.COCCNc1ccc(C#N)c(C)n1.COCCNc1ccc(CN)c(C)n1. The summed E-state index contributed by atoms with van der Waals surface area (Å²) in [7, 11) is 4.33. The monoisotopic (exact) mass is 434 g/mol. The van der Waals surface area contributed by atoms with Gasteiger partial charge in [-0.25, -0.2) is 9.97 Å². The van der Waals surface area contributed by atoms with E-state index in [4.69, 9.17) is 25.6 Å². The Morgan fingerprint density at radius 2 is 1.42 bits per heavy atom. The Morgan fingerprint density at radius 1 is 0.935 bits per heavy atom. The minimum Gasteiger partial charge on any atom is -0.400 e. The van der Waals surface area contributed by atoms with Crippen LogP contribution in [0.5, 0.6) is 0 Å². The predicted octanol–water partition coefficient (Wildman–Crippen LogP) is 2.47. The van der Waals surface area contributed by atoms with Gasteiger partial charge in [-0.2, -0.15) is 5.26 Å². The van der Waals surface area contributed by atoms with Crippen LogP contribution in [0, 0.1) is 25.2 Å². The maximum Gasteiger partial charge on any atom is 0.126 e. The van der Waals surface area contributed by atoms with Gasteiger partial charge in [0.05, 0.1) is 24.5 Å². The summed E-state index contributed by atoms with van der Waals surface area (Å²) in [5.74, 6) is 1.65. The molecule has 0 saturated heterocycles. The Balaban J connectivity index is 0. The molecule has 0 unspecified atom stereocenters. The third kappa shape index (κ3) is 12.5. The van der Waals surface area contributed by atoms with Crippen molar-refractivity contribution < 1.29 is 14.6 Å². The lowest BCUT2D eigenvalue weighted by atomic mass is 10.2. The van der Waals surface area contributed by atoms with E-state index in [1.165, 1.54) is 0 Å². The average molecular weight is 435 g/mol. The van der Waals surface area contributed by atoms with Crippen molar-refractivity contribution >= 4 is 11.6 Å². The van der Waals surface area contributed by atoms with Crippen LogP contribution in [0.3, 0.4) is 0 Å². The molecular weight excluding hydrogens is 396 g/mol. The second-order valence-corrected chi connectivity index (χ2v) is 5.93. The van der Waals surface area contributed by atoms with Crippen LogP contribution >= 0.6 is 0 Å². The first kappa shape index (κ1) is 30.4. The zero-order valence-corrected chi connectivity index (χ0v) is 18.5. The van der Waals surface area contributed by atoms with Gasteiger partial charge in [-0.3, -0.25) is 0 Å². The quantitative estimate of drug-likeness (QED) is 0.438. The normalized spacial score (nSPS) is 9.10. The maximum absolute atomic E-state index is 8.69. The van der Waals surface area contributed by atoms with Gasteiger partial charge in [-0.05, 0) is 37.6 Å². The molecule has 2 aromatic heterocycles. The van der Waals surface area contributed by atoms with Gasteiger partial charge in [0.1, 0.15) is 17.7 Å². The number of hydrogen-bond acceptors (Lipinski definition) is 9. The van der Waals surface area contributed by atoms with E-state index >= 15 is 0 Å². The number of aryl methyl sites for hydroxylation is 2. The number of nitriles is 1. The molecular formula is C22H38N6O3. The second-order valence-electron chi connectivity index (χ2n) is 5.93. The number of nitrogens with two attached hydrogens (primary N) is 1. The van der Waals surface area contributed by atoms with E-state index in [0.717, 1.165) is 48.8 Å². The molecule has 0 spiro atoms. The lowest BCUT2D eigenvalue weighted by Crippen LogP contribution is -2.10. The molecule has 5 N–H and O–H groups in total. The van der Waals surface area contributed by atoms with E-state index in [1.807, 2.05) is 26.0 Å². The summed E-state index contributed by atoms with van der Waals surface area (Å²) >= 11 is 0. The second kappa shape index (κ2) is 19.2. The average Bonchev–Trinajstić information content (AvgIpc) is 2.76. The van der Waals surface area contributed by atoms with Crippen molar-refractivity contribution in [1.82, 2.24) is 9.97 Å². The van der Waals surface area contributed by atoms with Gasteiger partial charge < -0.3 is 30.9 Å². The number of aliphatic hydroxyl groups is 1. The van der Waals surface area contributed by atoms with Crippen molar-refractivity contribution in [1.29, 1.82) is 5.26 Å². The summed E-state index contributed by atoms with van der Waals surface area (Å²) in [6.07, 6.45) is 0. The molecule has 0 aromatic carbocycles. The number of ether oxygens (including phenoxy) is 2. The van der Waals surface area contributed by atoms with Crippen LogP contribution in [0.25, 0.3) is 0 Å². The van der Waals surface area contributed by atoms with Crippen LogP contribution in [0.1, 0.15) is 29.9 Å². The first-order valence-electron chi connectivity index (χ1n) is 9.50. The molecule has 0 amide bonds. The summed E-state index contributed by atoms with van der Waals surface area (Å²) in [4.78, 5) is 8.60. The number of aromatic nitrogens is 2. The number of anilines is 2. The molecule has 9 heteroatoms. The van der Waals surface area contributed by atoms with Gasteiger partial charge in [0, 0.05) is 46.7 Å². The third-order valence-electron chi connectivity index (χ3n) is 3.85. The number of hydrogen-bond donors (Lipinski definition) is 4. The van der Waals surface area contributed by atoms with E-state index in [-0.39, 0.29) is 7.43 Å². The van der Waals surface area contributed by atoms with Crippen molar-refractivity contribution in [2.24, 2.45) is 5.73 Å². The van der Waals surface area contributed by atoms with Crippen molar-refractivity contribution in [2.45, 2.75) is 27.8 Å². The largest absolute Gasteiger partial charge is 0.400 e. The van der Waals surface area contributed by atoms with Crippen LogP contribution in [0.2, 0.25) is 0 Å². The Hall–Kier alpha value is -2.77. The Kier molecular flexibility index (Phi) is 18.9. The summed E-state index contributed by atoms with van der Waals surface area (Å²) in [6.45, 7) is 7.13. The van der Waals surface area contributed by atoms with Gasteiger partial charge in [-0.1, -0.05) is 13.5 Å². The van der Waals surface area contributed by atoms with E-state index in [1.54, 1.807) is 26.4 Å². The molecule has 0 aliphatic heterocycles. The van der Waals surface area contributed by atoms with Gasteiger partial charge in [0.15, 0.2) is 0 Å². The lowest BCUT2D eigenvalue weighted by molar-refractivity contribution is 0.210. The zero-order chi connectivity index (χ0) is 22.8. The van der Waals surface area contributed by atoms with Gasteiger partial charge in [0.25, 0.3) is 0 Å². The Labute approximate surface area is 186 Å². The topological polar surface area (TPSA) is 138 Å². The molecule has 0 fully saturated rings. The van der Waals surface area contributed by atoms with Crippen molar-refractivity contribution in [3.05, 3.63) is 46.8 Å². The molecule has 174 valence electrons. The highest BCUT2D eigenvalue weighted by Crippen LogP contribution is 2.09. The summed E-state index contributed by atoms with van der Waals surface area (Å²) in [5.41, 5.74) is 8.97. The van der Waals surface area contributed by atoms with Crippen molar-refractivity contribution in [2.75, 3.05) is 58.3 Å². The summed E-state index contributed by atoms with van der Waals surface area (Å²) in [6, 6.07) is 9.56. The molecule has 2 aromatic rings. The molecule has 2 heterocycles. The van der Waals surface area contributed by atoms with E-state index < -0.39 is 0 Å². The number of nitrogens with one attached hydrogen (secondary N) is 2. The van der Waals surface area contributed by atoms with Gasteiger partial charge >= 0.3 is 0 Å². The summed E-state index contributed by atoms with van der Waals surface area (Å²) < 4.78 is 9.82. The van der Waals surface area contributed by atoms with Crippen LogP contribution in [-0.4, -0.2) is 62.7 Å². The lowest BCUT2D eigenvalue weighted by Gasteiger charge is -2.07. The third-order valence-corrected chi connectivity index (χ3v) is 3.85. The predicted molar refractivity (Wildman–Crippen MR) is 126 cm³/mol. The first-order valence-corrected chi connectivity index (χ1v) is 9.50. The van der Waals surface area contributed by atoms with E-state index in [0.29, 0.717) is 25.3 Å². The van der Waals surface area contributed by atoms with Crippen LogP contribution in [0.4, 0.5) is 11.6 Å². The van der Waals surface area contributed by atoms with Crippen molar-refractivity contribution in [3.63, 3.8) is 0 Å². The fourth-order valence-electron chi connectivity index (χ4n) is 2.24. The van der Waals surface area contributed by atoms with E-state index in [9.17, 15) is 0 Å². The highest BCUT2D eigenvalue weighted by Gasteiger charge is 2.00. The highest BCUT2D eigenvalue weighted by atomic mass is 16.5. The van der Waals surface area contributed by atoms with E-state index in [2.05, 4.69) is 26.7 Å². The molecule has 0 aliphatic rings. The maximum atomic E-state index is 8.69. The number of rotatable bonds is 9. The smallest absolute Gasteiger partial charge is 0.126 e. The Bertz CT molecular complexity index is 765. The minimum atomic E-state index is 0. The Morgan fingerprint density at radius 3 is 1.81 bits per heavy atom. The number of nitrogens with zero attached hydrogens (tertiary/aromatic N) is 3. The highest BCUT2D eigenvalue weighted by molar-refractivity contribution is 5.42. The number of pyridine rings is 2. The molecule has 0 bridgehead atoms. The fourth-order valence-corrected chi connectivity index (χ4v) is 2.24. The first-order chi connectivity index (χ1) is 14.5.